The first-order valence-electron chi connectivity index (χ1n) is 11.4. The summed E-state index contributed by atoms with van der Waals surface area (Å²) in [5.74, 6) is 1.36. The number of ether oxygens (including phenoxy) is 1. The molecule has 3 aromatic rings. The summed E-state index contributed by atoms with van der Waals surface area (Å²) in [5.41, 5.74) is 1.19. The highest BCUT2D eigenvalue weighted by Crippen LogP contribution is 2.29. The van der Waals surface area contributed by atoms with E-state index in [2.05, 4.69) is 27.7 Å². The van der Waals surface area contributed by atoms with Crippen molar-refractivity contribution in [1.29, 1.82) is 0 Å². The molecule has 0 aliphatic heterocycles. The number of aromatic nitrogens is 2. The minimum atomic E-state index is -0.415. The molecule has 1 heterocycles. The Balaban J connectivity index is 2.08. The van der Waals surface area contributed by atoms with E-state index in [1.165, 1.54) is 0 Å². The van der Waals surface area contributed by atoms with Gasteiger partial charge in [0, 0.05) is 13.5 Å². The van der Waals surface area contributed by atoms with E-state index in [9.17, 15) is 9.59 Å². The van der Waals surface area contributed by atoms with Gasteiger partial charge in [0.25, 0.3) is 5.56 Å². The van der Waals surface area contributed by atoms with Crippen molar-refractivity contribution >= 4 is 16.8 Å². The third-order valence-electron chi connectivity index (χ3n) is 5.96. The van der Waals surface area contributed by atoms with Gasteiger partial charge in [-0.25, -0.2) is 4.98 Å². The molecule has 0 saturated heterocycles. The molecule has 6 heteroatoms. The number of fused-ring (bicyclic) bond motifs is 1. The second-order valence-electron chi connectivity index (χ2n) is 10.1. The largest absolute Gasteiger partial charge is 0.495 e. The number of carbonyl (C=O) groups excluding carboxylic acids is 1. The molecule has 176 valence electrons. The molecule has 1 aromatic heterocycles. The minimum absolute atomic E-state index is 0.0354. The zero-order valence-corrected chi connectivity index (χ0v) is 20.8. The zero-order valence-electron chi connectivity index (χ0n) is 20.8. The van der Waals surface area contributed by atoms with Gasteiger partial charge >= 0.3 is 0 Å². The number of methoxy groups -OCH3 is 1. The molecule has 0 aliphatic rings. The van der Waals surface area contributed by atoms with Crippen molar-refractivity contribution in [3.05, 3.63) is 64.7 Å². The third-order valence-corrected chi connectivity index (χ3v) is 5.96. The Morgan fingerprint density at radius 1 is 1.09 bits per heavy atom. The molecule has 3 rings (SSSR count). The second-order valence-corrected chi connectivity index (χ2v) is 10.1. The van der Waals surface area contributed by atoms with Crippen LogP contribution < -0.4 is 10.3 Å². The van der Waals surface area contributed by atoms with E-state index in [-0.39, 0.29) is 22.8 Å². The van der Waals surface area contributed by atoms with Gasteiger partial charge in [0.15, 0.2) is 0 Å². The molecule has 2 aromatic carbocycles. The molecule has 33 heavy (non-hydrogen) atoms. The normalized spacial score (nSPS) is 13.5. The smallest absolute Gasteiger partial charge is 0.266 e. The SMILES string of the molecule is COc1ccccc1-n1c(C(C)N(C)C(=O)CC(C)CC(C)(C)C)nc2ccccc2c1=O. The predicted octanol–water partition coefficient (Wildman–Crippen LogP) is 5.38. The van der Waals surface area contributed by atoms with E-state index in [1.807, 2.05) is 49.4 Å². The molecular weight excluding hydrogens is 414 g/mol. The maximum absolute atomic E-state index is 13.6. The molecule has 2 unspecified atom stereocenters. The summed E-state index contributed by atoms with van der Waals surface area (Å²) in [7, 11) is 3.36. The topological polar surface area (TPSA) is 64.4 Å². The van der Waals surface area contributed by atoms with Crippen molar-refractivity contribution in [2.24, 2.45) is 11.3 Å². The van der Waals surface area contributed by atoms with Crippen LogP contribution in [0.2, 0.25) is 0 Å². The fraction of sp³-hybridized carbons (Fsp3) is 0.444. The fourth-order valence-corrected chi connectivity index (χ4v) is 4.43. The zero-order chi connectivity index (χ0) is 24.3. The van der Waals surface area contributed by atoms with Gasteiger partial charge in [-0.1, -0.05) is 52.0 Å². The van der Waals surface area contributed by atoms with Crippen molar-refractivity contribution < 1.29 is 9.53 Å². The molecule has 0 spiro atoms. The first kappa shape index (κ1) is 24.5. The Morgan fingerprint density at radius 2 is 1.73 bits per heavy atom. The predicted molar refractivity (Wildman–Crippen MR) is 133 cm³/mol. The number of hydrogen-bond donors (Lipinski definition) is 0. The summed E-state index contributed by atoms with van der Waals surface area (Å²) < 4.78 is 7.12. The highest BCUT2D eigenvalue weighted by molar-refractivity contribution is 5.79. The Morgan fingerprint density at radius 3 is 2.39 bits per heavy atom. The molecule has 1 amide bonds. The first-order chi connectivity index (χ1) is 15.5. The Bertz CT molecular complexity index is 1190. The highest BCUT2D eigenvalue weighted by Gasteiger charge is 2.27. The molecule has 2 atom stereocenters. The summed E-state index contributed by atoms with van der Waals surface area (Å²) in [5, 5.41) is 0.520. The molecule has 0 bridgehead atoms. The quantitative estimate of drug-likeness (QED) is 0.486. The average Bonchev–Trinajstić information content (AvgIpc) is 2.76. The summed E-state index contributed by atoms with van der Waals surface area (Å²) in [4.78, 5) is 33.3. The minimum Gasteiger partial charge on any atom is -0.495 e. The maximum atomic E-state index is 13.6. The van der Waals surface area contributed by atoms with Crippen molar-refractivity contribution in [3.8, 4) is 11.4 Å². The lowest BCUT2D eigenvalue weighted by Gasteiger charge is -2.29. The van der Waals surface area contributed by atoms with E-state index in [0.29, 0.717) is 34.6 Å². The summed E-state index contributed by atoms with van der Waals surface area (Å²) in [6.07, 6.45) is 1.41. The molecule has 6 nitrogen and oxygen atoms in total. The van der Waals surface area contributed by atoms with Gasteiger partial charge in [-0.15, -0.1) is 0 Å². The average molecular weight is 450 g/mol. The number of hydrogen-bond acceptors (Lipinski definition) is 4. The van der Waals surface area contributed by atoms with Gasteiger partial charge in [-0.05, 0) is 48.9 Å². The summed E-state index contributed by atoms with van der Waals surface area (Å²) in [6, 6.07) is 14.2. The molecular formula is C27H35N3O3. The molecule has 0 radical (unpaired) electrons. The van der Waals surface area contributed by atoms with Gasteiger partial charge in [-0.3, -0.25) is 14.2 Å². The number of nitrogens with zero attached hydrogens (tertiary/aromatic N) is 3. The van der Waals surface area contributed by atoms with Crippen LogP contribution in [0.25, 0.3) is 16.6 Å². The fourth-order valence-electron chi connectivity index (χ4n) is 4.43. The van der Waals surface area contributed by atoms with Gasteiger partial charge in [0.2, 0.25) is 5.91 Å². The lowest BCUT2D eigenvalue weighted by molar-refractivity contribution is -0.133. The Kier molecular flexibility index (Phi) is 7.25. The van der Waals surface area contributed by atoms with Crippen molar-refractivity contribution in [3.63, 3.8) is 0 Å². The van der Waals surface area contributed by atoms with Crippen LogP contribution in [-0.2, 0) is 4.79 Å². The third kappa shape index (κ3) is 5.44. The highest BCUT2D eigenvalue weighted by atomic mass is 16.5. The molecule has 0 fully saturated rings. The van der Waals surface area contributed by atoms with Gasteiger partial charge in [-0.2, -0.15) is 0 Å². The van der Waals surface area contributed by atoms with Gasteiger partial charge in [0.1, 0.15) is 11.6 Å². The number of benzene rings is 2. The Labute approximate surface area is 196 Å². The number of rotatable bonds is 7. The van der Waals surface area contributed by atoms with E-state index in [4.69, 9.17) is 9.72 Å². The molecule has 0 aliphatic carbocycles. The maximum Gasteiger partial charge on any atom is 0.266 e. The van der Waals surface area contributed by atoms with Crippen molar-refractivity contribution in [2.45, 2.75) is 53.5 Å². The molecule has 0 N–H and O–H groups in total. The lowest BCUT2D eigenvalue weighted by Crippen LogP contribution is -2.35. The van der Waals surface area contributed by atoms with Crippen LogP contribution in [0.1, 0.15) is 59.3 Å². The number of carbonyl (C=O) groups is 1. The summed E-state index contributed by atoms with van der Waals surface area (Å²) in [6.45, 7) is 10.6. The standard InChI is InChI=1S/C27H35N3O3/c1-18(17-27(3,4)5)16-24(31)29(6)19(2)25-28-21-13-9-8-12-20(21)26(32)30(25)22-14-10-11-15-23(22)33-7/h8-15,18-19H,16-17H2,1-7H3. The Hall–Kier alpha value is -3.15. The van der Waals surface area contributed by atoms with Crippen LogP contribution in [0, 0.1) is 11.3 Å². The summed E-state index contributed by atoms with van der Waals surface area (Å²) >= 11 is 0. The van der Waals surface area contributed by atoms with E-state index in [0.717, 1.165) is 6.42 Å². The van der Waals surface area contributed by atoms with Crippen LogP contribution >= 0.6 is 0 Å². The lowest BCUT2D eigenvalue weighted by atomic mass is 9.84. The van der Waals surface area contributed by atoms with E-state index >= 15 is 0 Å². The van der Waals surface area contributed by atoms with Crippen molar-refractivity contribution in [2.75, 3.05) is 14.2 Å². The van der Waals surface area contributed by atoms with Crippen LogP contribution in [-0.4, -0.2) is 34.5 Å². The second kappa shape index (κ2) is 9.77. The number of amides is 1. The molecule has 0 saturated carbocycles. The van der Waals surface area contributed by atoms with Crippen LogP contribution in [0.4, 0.5) is 0 Å². The van der Waals surface area contributed by atoms with Gasteiger partial charge < -0.3 is 9.64 Å². The number of para-hydroxylation sites is 3. The first-order valence-corrected chi connectivity index (χ1v) is 11.4. The van der Waals surface area contributed by atoms with Crippen LogP contribution in [0.5, 0.6) is 5.75 Å². The van der Waals surface area contributed by atoms with Crippen LogP contribution in [0.15, 0.2) is 53.3 Å². The van der Waals surface area contributed by atoms with E-state index < -0.39 is 6.04 Å². The monoisotopic (exact) mass is 449 g/mol. The van der Waals surface area contributed by atoms with E-state index in [1.54, 1.807) is 29.7 Å². The van der Waals surface area contributed by atoms with Crippen molar-refractivity contribution in [1.82, 2.24) is 14.5 Å². The van der Waals surface area contributed by atoms with Gasteiger partial charge in [0.05, 0.1) is 29.7 Å². The van der Waals surface area contributed by atoms with Crippen LogP contribution in [0.3, 0.4) is 0 Å².